The predicted molar refractivity (Wildman–Crippen MR) is 86.0 cm³/mol. The highest BCUT2D eigenvalue weighted by Gasteiger charge is 2.17. The molecule has 0 amide bonds. The average molecular weight is 302 g/mol. The highest BCUT2D eigenvalue weighted by atomic mass is 19.1. The molecule has 1 atom stereocenters. The molecule has 2 heterocycles. The van der Waals surface area contributed by atoms with Gasteiger partial charge >= 0.3 is 0 Å². The molecule has 1 aliphatic heterocycles. The molecule has 0 bridgehead atoms. The number of H-pyrrole nitrogens is 1. The van der Waals surface area contributed by atoms with Gasteiger partial charge in [0.05, 0.1) is 11.9 Å². The van der Waals surface area contributed by atoms with Crippen molar-refractivity contribution in [1.29, 1.82) is 0 Å². The summed E-state index contributed by atoms with van der Waals surface area (Å²) in [5.41, 5.74) is 3.03. The molecule has 0 radical (unpaired) electrons. The molecule has 1 fully saturated rings. The Bertz CT molecular complexity index is 587. The van der Waals surface area contributed by atoms with Crippen molar-refractivity contribution in [3.05, 3.63) is 41.8 Å². The lowest BCUT2D eigenvalue weighted by Crippen LogP contribution is -2.38. The molecule has 2 aromatic rings. The summed E-state index contributed by atoms with van der Waals surface area (Å²) >= 11 is 0. The van der Waals surface area contributed by atoms with E-state index in [0.29, 0.717) is 6.04 Å². The van der Waals surface area contributed by atoms with Crippen LogP contribution in [0.1, 0.15) is 25.3 Å². The number of benzene rings is 1. The van der Waals surface area contributed by atoms with E-state index in [2.05, 4.69) is 27.3 Å². The number of aromatic nitrogens is 2. The molecule has 0 spiro atoms. The molecule has 0 saturated carbocycles. The first-order valence-corrected chi connectivity index (χ1v) is 7.97. The predicted octanol–water partition coefficient (Wildman–Crippen LogP) is 2.79. The first kappa shape index (κ1) is 15.2. The molecule has 0 aliphatic carbocycles. The first-order valence-electron chi connectivity index (χ1n) is 7.97. The Kier molecular flexibility index (Phi) is 4.85. The molecular weight excluding hydrogens is 279 g/mol. The Morgan fingerprint density at radius 1 is 1.27 bits per heavy atom. The molecule has 3 rings (SSSR count). The highest BCUT2D eigenvalue weighted by molar-refractivity contribution is 5.62. The molecule has 4 nitrogen and oxygen atoms in total. The SMILES string of the molecule is C[C@@H](CNCc1cn[nH]c1-c1ccc(F)cc1)N1CCCC1. The van der Waals surface area contributed by atoms with Crippen LogP contribution in [0.4, 0.5) is 4.39 Å². The molecule has 5 heteroatoms. The van der Waals surface area contributed by atoms with Crippen LogP contribution in [-0.4, -0.2) is 40.8 Å². The standard InChI is InChI=1S/C17H23FN4/c1-13(22-8-2-3-9-22)10-19-11-15-12-20-21-17(15)14-4-6-16(18)7-5-14/h4-7,12-13,19H,2-3,8-11H2,1H3,(H,20,21)/t13-/m0/s1. The van der Waals surface area contributed by atoms with E-state index in [1.165, 1.54) is 38.1 Å². The maximum absolute atomic E-state index is 13.0. The number of halogens is 1. The molecule has 1 aliphatic rings. The van der Waals surface area contributed by atoms with E-state index >= 15 is 0 Å². The summed E-state index contributed by atoms with van der Waals surface area (Å²) < 4.78 is 13.0. The Balaban J connectivity index is 1.57. The van der Waals surface area contributed by atoms with Crippen LogP contribution in [0.25, 0.3) is 11.3 Å². The summed E-state index contributed by atoms with van der Waals surface area (Å²) in [5, 5.41) is 10.6. The van der Waals surface area contributed by atoms with Crippen LogP contribution < -0.4 is 5.32 Å². The van der Waals surface area contributed by atoms with Crippen molar-refractivity contribution in [1.82, 2.24) is 20.4 Å². The molecule has 0 unspecified atom stereocenters. The van der Waals surface area contributed by atoms with Crippen LogP contribution in [0.5, 0.6) is 0 Å². The maximum atomic E-state index is 13.0. The lowest BCUT2D eigenvalue weighted by atomic mass is 10.1. The number of nitrogens with zero attached hydrogens (tertiary/aromatic N) is 2. The van der Waals surface area contributed by atoms with Crippen LogP contribution in [0.3, 0.4) is 0 Å². The Labute approximate surface area is 130 Å². The van der Waals surface area contributed by atoms with Gasteiger partial charge in [0.1, 0.15) is 5.82 Å². The Morgan fingerprint density at radius 2 is 2.00 bits per heavy atom. The molecule has 1 aromatic carbocycles. The lowest BCUT2D eigenvalue weighted by Gasteiger charge is -2.23. The van der Waals surface area contributed by atoms with Crippen molar-refractivity contribution in [2.45, 2.75) is 32.4 Å². The number of hydrogen-bond acceptors (Lipinski definition) is 3. The highest BCUT2D eigenvalue weighted by Crippen LogP contribution is 2.21. The summed E-state index contributed by atoms with van der Waals surface area (Å²) in [5.74, 6) is -0.220. The van der Waals surface area contributed by atoms with Gasteiger partial charge in [-0.25, -0.2) is 4.39 Å². The van der Waals surface area contributed by atoms with E-state index in [1.54, 1.807) is 12.1 Å². The summed E-state index contributed by atoms with van der Waals surface area (Å²) in [6, 6.07) is 7.06. The van der Waals surface area contributed by atoms with Gasteiger partial charge in [-0.3, -0.25) is 10.00 Å². The monoisotopic (exact) mass is 302 g/mol. The number of rotatable bonds is 6. The Morgan fingerprint density at radius 3 is 2.73 bits per heavy atom. The van der Waals surface area contributed by atoms with E-state index in [-0.39, 0.29) is 5.82 Å². The zero-order chi connectivity index (χ0) is 15.4. The largest absolute Gasteiger partial charge is 0.311 e. The van der Waals surface area contributed by atoms with Gasteiger partial charge in [-0.15, -0.1) is 0 Å². The number of nitrogens with one attached hydrogen (secondary N) is 2. The van der Waals surface area contributed by atoms with Gasteiger partial charge in [-0.05, 0) is 57.1 Å². The second kappa shape index (κ2) is 7.03. The van der Waals surface area contributed by atoms with Gasteiger partial charge in [-0.1, -0.05) is 0 Å². The van der Waals surface area contributed by atoms with E-state index in [0.717, 1.165) is 29.9 Å². The van der Waals surface area contributed by atoms with Crippen molar-refractivity contribution >= 4 is 0 Å². The first-order chi connectivity index (χ1) is 10.7. The lowest BCUT2D eigenvalue weighted by molar-refractivity contribution is 0.251. The van der Waals surface area contributed by atoms with Gasteiger partial charge < -0.3 is 5.32 Å². The average Bonchev–Trinajstić information content (AvgIpc) is 3.19. The smallest absolute Gasteiger partial charge is 0.123 e. The van der Waals surface area contributed by atoms with Crippen LogP contribution in [0, 0.1) is 5.82 Å². The molecule has 1 aromatic heterocycles. The van der Waals surface area contributed by atoms with E-state index < -0.39 is 0 Å². The Hall–Kier alpha value is -1.72. The molecule has 1 saturated heterocycles. The van der Waals surface area contributed by atoms with Gasteiger partial charge in [0, 0.05) is 30.3 Å². The zero-order valence-corrected chi connectivity index (χ0v) is 13.0. The molecule has 22 heavy (non-hydrogen) atoms. The fourth-order valence-corrected chi connectivity index (χ4v) is 3.04. The van der Waals surface area contributed by atoms with Crippen LogP contribution in [-0.2, 0) is 6.54 Å². The van der Waals surface area contributed by atoms with Crippen molar-refractivity contribution < 1.29 is 4.39 Å². The minimum Gasteiger partial charge on any atom is -0.311 e. The van der Waals surface area contributed by atoms with Gasteiger partial charge in [0.25, 0.3) is 0 Å². The van der Waals surface area contributed by atoms with Crippen LogP contribution in [0.2, 0.25) is 0 Å². The molecule has 2 N–H and O–H groups in total. The topological polar surface area (TPSA) is 44.0 Å². The third-order valence-corrected chi connectivity index (χ3v) is 4.37. The number of likely N-dealkylation sites (tertiary alicyclic amines) is 1. The summed E-state index contributed by atoms with van der Waals surface area (Å²) in [6.07, 6.45) is 4.48. The molecular formula is C17H23FN4. The zero-order valence-electron chi connectivity index (χ0n) is 13.0. The molecule has 118 valence electrons. The summed E-state index contributed by atoms with van der Waals surface area (Å²) in [4.78, 5) is 2.53. The van der Waals surface area contributed by atoms with Crippen molar-refractivity contribution in [3.63, 3.8) is 0 Å². The third kappa shape index (κ3) is 3.54. The van der Waals surface area contributed by atoms with E-state index in [4.69, 9.17) is 0 Å². The normalized spacial score (nSPS) is 17.0. The summed E-state index contributed by atoms with van der Waals surface area (Å²) in [7, 11) is 0. The van der Waals surface area contributed by atoms with Crippen LogP contribution >= 0.6 is 0 Å². The van der Waals surface area contributed by atoms with Crippen molar-refractivity contribution in [2.24, 2.45) is 0 Å². The van der Waals surface area contributed by atoms with Crippen molar-refractivity contribution in [3.8, 4) is 11.3 Å². The van der Waals surface area contributed by atoms with Gasteiger partial charge in [-0.2, -0.15) is 5.10 Å². The minimum atomic E-state index is -0.220. The minimum absolute atomic E-state index is 0.220. The fraction of sp³-hybridized carbons (Fsp3) is 0.471. The second-order valence-corrected chi connectivity index (χ2v) is 6.00. The number of aromatic amines is 1. The van der Waals surface area contributed by atoms with E-state index in [9.17, 15) is 4.39 Å². The van der Waals surface area contributed by atoms with Gasteiger partial charge in [0.15, 0.2) is 0 Å². The summed E-state index contributed by atoms with van der Waals surface area (Å²) in [6.45, 7) is 6.44. The quantitative estimate of drug-likeness (QED) is 0.862. The number of hydrogen-bond donors (Lipinski definition) is 2. The second-order valence-electron chi connectivity index (χ2n) is 6.00. The van der Waals surface area contributed by atoms with E-state index in [1.807, 2.05) is 6.20 Å². The third-order valence-electron chi connectivity index (χ3n) is 4.37. The van der Waals surface area contributed by atoms with Crippen molar-refractivity contribution in [2.75, 3.05) is 19.6 Å². The van der Waals surface area contributed by atoms with Gasteiger partial charge in [0.2, 0.25) is 0 Å². The van der Waals surface area contributed by atoms with Crippen LogP contribution in [0.15, 0.2) is 30.5 Å². The maximum Gasteiger partial charge on any atom is 0.123 e. The fourth-order valence-electron chi connectivity index (χ4n) is 3.04.